The lowest BCUT2D eigenvalue weighted by Gasteiger charge is -2.30. The van der Waals surface area contributed by atoms with Crippen molar-refractivity contribution in [3.8, 4) is 22.9 Å². The van der Waals surface area contributed by atoms with Crippen LogP contribution in [0.2, 0.25) is 0 Å². The zero-order valence-corrected chi connectivity index (χ0v) is 20.3. The van der Waals surface area contributed by atoms with Crippen molar-refractivity contribution in [2.45, 2.75) is 46.0 Å². The maximum Gasteiger partial charge on any atom is 0.247 e. The van der Waals surface area contributed by atoms with Gasteiger partial charge in [0.1, 0.15) is 5.75 Å². The highest BCUT2D eigenvalue weighted by atomic mass is 32.2. The number of thioether (sulfide) groups is 1. The molecule has 1 amide bonds. The van der Waals surface area contributed by atoms with E-state index in [-0.39, 0.29) is 5.91 Å². The number of anilines is 1. The van der Waals surface area contributed by atoms with Crippen LogP contribution < -0.4 is 14.4 Å². The van der Waals surface area contributed by atoms with Gasteiger partial charge in [0.2, 0.25) is 23.2 Å². The summed E-state index contributed by atoms with van der Waals surface area (Å²) < 4.78 is 12.3. The molecule has 0 aliphatic carbocycles. The van der Waals surface area contributed by atoms with Gasteiger partial charge < -0.3 is 9.47 Å². The highest BCUT2D eigenvalue weighted by Gasteiger charge is 2.36. The third-order valence-electron chi connectivity index (χ3n) is 5.13. The first-order valence-electron chi connectivity index (χ1n) is 11.1. The van der Waals surface area contributed by atoms with Crippen LogP contribution >= 0.6 is 11.8 Å². The topological polar surface area (TPSA) is 77.4 Å². The van der Waals surface area contributed by atoms with E-state index in [0.29, 0.717) is 40.7 Å². The van der Waals surface area contributed by atoms with Crippen LogP contribution in [0.4, 0.5) is 5.69 Å². The van der Waals surface area contributed by atoms with Crippen LogP contribution in [-0.4, -0.2) is 33.4 Å². The minimum atomic E-state index is -0.771. The first kappa shape index (κ1) is 23.0. The van der Waals surface area contributed by atoms with Gasteiger partial charge in [-0.1, -0.05) is 49.4 Å². The van der Waals surface area contributed by atoms with Crippen LogP contribution in [0.3, 0.4) is 0 Å². The molecule has 0 unspecified atom stereocenters. The van der Waals surface area contributed by atoms with Gasteiger partial charge in [-0.2, -0.15) is 4.98 Å². The molecule has 7 nitrogen and oxygen atoms in total. The van der Waals surface area contributed by atoms with E-state index in [4.69, 9.17) is 14.5 Å². The number of hydrogen-bond donors (Lipinski definition) is 0. The summed E-state index contributed by atoms with van der Waals surface area (Å²) in [6.07, 6.45) is -0.771. The Morgan fingerprint density at radius 2 is 2.00 bits per heavy atom. The molecule has 1 aliphatic rings. The average Bonchev–Trinajstić information content (AvgIpc) is 2.92. The third kappa shape index (κ3) is 4.80. The van der Waals surface area contributed by atoms with E-state index < -0.39 is 6.23 Å². The highest BCUT2D eigenvalue weighted by Crippen LogP contribution is 2.45. The minimum Gasteiger partial charge on any atom is -0.493 e. The molecule has 2 heterocycles. The molecule has 4 rings (SSSR count). The van der Waals surface area contributed by atoms with Crippen molar-refractivity contribution in [1.82, 2.24) is 15.2 Å². The molecule has 1 atom stereocenters. The Labute approximate surface area is 198 Å². The fraction of sp³-hybridized carbons (Fsp3) is 0.360. The zero-order valence-electron chi connectivity index (χ0n) is 19.5. The lowest BCUT2D eigenvalue weighted by atomic mass is 10.0. The molecule has 0 saturated carbocycles. The SMILES string of the molecule is CCOc1ccccc1[C@@H]1Oc2nc(SCC(C)C)nnc2-c2cc(C)ccc2N1C(C)=O. The molecule has 0 radical (unpaired) electrons. The molecule has 0 N–H and O–H groups in total. The van der Waals surface area contributed by atoms with E-state index in [1.165, 1.54) is 18.7 Å². The van der Waals surface area contributed by atoms with Crippen molar-refractivity contribution >= 4 is 23.4 Å². The number of nitrogens with zero attached hydrogens (tertiary/aromatic N) is 4. The minimum absolute atomic E-state index is 0.161. The van der Waals surface area contributed by atoms with Crippen LogP contribution in [0.5, 0.6) is 11.6 Å². The van der Waals surface area contributed by atoms with Gasteiger partial charge in [0.25, 0.3) is 0 Å². The van der Waals surface area contributed by atoms with E-state index >= 15 is 0 Å². The number of ether oxygens (including phenoxy) is 2. The Bertz CT molecular complexity index is 1170. The summed E-state index contributed by atoms with van der Waals surface area (Å²) in [5, 5.41) is 9.38. The Morgan fingerprint density at radius 3 is 2.73 bits per heavy atom. The van der Waals surface area contributed by atoms with Gasteiger partial charge in [-0.15, -0.1) is 10.2 Å². The molecular weight excluding hydrogens is 436 g/mol. The summed E-state index contributed by atoms with van der Waals surface area (Å²) in [5.74, 6) is 2.20. The second kappa shape index (κ2) is 9.79. The van der Waals surface area contributed by atoms with E-state index in [0.717, 1.165) is 22.4 Å². The van der Waals surface area contributed by atoms with Crippen molar-refractivity contribution in [2.75, 3.05) is 17.3 Å². The van der Waals surface area contributed by atoms with E-state index in [1.807, 2.05) is 56.3 Å². The number of carbonyl (C=O) groups excluding carboxylic acids is 1. The average molecular weight is 465 g/mol. The summed E-state index contributed by atoms with van der Waals surface area (Å²) in [6, 6.07) is 13.5. The number of hydrogen-bond acceptors (Lipinski definition) is 7. The van der Waals surface area contributed by atoms with Crippen LogP contribution in [0.25, 0.3) is 11.3 Å². The molecule has 2 aromatic carbocycles. The third-order valence-corrected chi connectivity index (χ3v) is 6.39. The fourth-order valence-electron chi connectivity index (χ4n) is 3.69. The molecular formula is C25H28N4O3S. The maximum absolute atomic E-state index is 13.0. The second-order valence-corrected chi connectivity index (χ2v) is 9.29. The molecule has 0 saturated heterocycles. The molecule has 8 heteroatoms. The molecule has 0 fully saturated rings. The number of para-hydroxylation sites is 1. The van der Waals surface area contributed by atoms with Crippen LogP contribution in [0.15, 0.2) is 47.6 Å². The summed E-state index contributed by atoms with van der Waals surface area (Å²) in [6.45, 7) is 10.2. The number of aryl methyl sites for hydroxylation is 1. The fourth-order valence-corrected chi connectivity index (χ4v) is 4.42. The lowest BCUT2D eigenvalue weighted by molar-refractivity contribution is -0.118. The molecule has 3 aromatic rings. The largest absolute Gasteiger partial charge is 0.493 e. The highest BCUT2D eigenvalue weighted by molar-refractivity contribution is 7.99. The Hall–Kier alpha value is -3.13. The summed E-state index contributed by atoms with van der Waals surface area (Å²) >= 11 is 1.54. The van der Waals surface area contributed by atoms with Gasteiger partial charge in [-0.25, -0.2) is 0 Å². The molecule has 33 heavy (non-hydrogen) atoms. The molecule has 172 valence electrons. The predicted molar refractivity (Wildman–Crippen MR) is 130 cm³/mol. The lowest BCUT2D eigenvalue weighted by Crippen LogP contribution is -2.36. The van der Waals surface area contributed by atoms with Gasteiger partial charge in [-0.3, -0.25) is 9.69 Å². The molecule has 0 spiro atoms. The number of carbonyl (C=O) groups is 1. The van der Waals surface area contributed by atoms with Gasteiger partial charge in [-0.05, 0) is 44.0 Å². The van der Waals surface area contributed by atoms with Crippen LogP contribution in [-0.2, 0) is 4.79 Å². The zero-order chi connectivity index (χ0) is 23.5. The van der Waals surface area contributed by atoms with Gasteiger partial charge >= 0.3 is 0 Å². The molecule has 0 bridgehead atoms. The second-order valence-electron chi connectivity index (χ2n) is 8.30. The van der Waals surface area contributed by atoms with Gasteiger partial charge in [0.15, 0.2) is 5.69 Å². The van der Waals surface area contributed by atoms with Gasteiger partial charge in [0.05, 0.1) is 17.9 Å². The molecule has 1 aliphatic heterocycles. The van der Waals surface area contributed by atoms with Crippen molar-refractivity contribution < 1.29 is 14.3 Å². The number of aromatic nitrogens is 3. The summed E-state index contributed by atoms with van der Waals surface area (Å²) in [4.78, 5) is 19.3. The van der Waals surface area contributed by atoms with E-state index in [2.05, 4.69) is 24.0 Å². The number of amides is 1. The Kier molecular flexibility index (Phi) is 6.83. The van der Waals surface area contributed by atoms with Crippen molar-refractivity contribution in [1.29, 1.82) is 0 Å². The first-order chi connectivity index (χ1) is 15.9. The smallest absolute Gasteiger partial charge is 0.247 e. The summed E-state index contributed by atoms with van der Waals surface area (Å²) in [7, 11) is 0. The first-order valence-corrected chi connectivity index (χ1v) is 12.0. The number of benzene rings is 2. The van der Waals surface area contributed by atoms with Gasteiger partial charge in [0, 0.05) is 18.2 Å². The Morgan fingerprint density at radius 1 is 1.21 bits per heavy atom. The van der Waals surface area contributed by atoms with E-state index in [1.54, 1.807) is 4.90 Å². The molecule has 1 aromatic heterocycles. The number of fused-ring (bicyclic) bond motifs is 3. The van der Waals surface area contributed by atoms with Crippen molar-refractivity contribution in [3.63, 3.8) is 0 Å². The number of rotatable bonds is 6. The maximum atomic E-state index is 13.0. The standard InChI is InChI=1S/C25H28N4O3S/c1-6-31-21-10-8-7-9-18(21)24-29(17(5)30)20-12-11-16(4)13-19(20)22-23(32-24)26-25(28-27-22)33-14-15(2)3/h7-13,15,24H,6,14H2,1-5H3/t24-/m0/s1. The summed E-state index contributed by atoms with van der Waals surface area (Å²) in [5.41, 5.74) is 3.75. The van der Waals surface area contributed by atoms with E-state index in [9.17, 15) is 4.79 Å². The normalized spacial score (nSPS) is 14.8. The quantitative estimate of drug-likeness (QED) is 0.450. The predicted octanol–water partition coefficient (Wildman–Crippen LogP) is 5.44. The Balaban J connectivity index is 1.92. The van der Waals surface area contributed by atoms with Crippen molar-refractivity contribution in [2.24, 2.45) is 5.92 Å². The van der Waals surface area contributed by atoms with Crippen molar-refractivity contribution in [3.05, 3.63) is 53.6 Å². The van der Waals surface area contributed by atoms with Crippen LogP contribution in [0, 0.1) is 12.8 Å². The monoisotopic (exact) mass is 464 g/mol. The van der Waals surface area contributed by atoms with Crippen LogP contribution in [0.1, 0.15) is 45.0 Å².